The minimum Gasteiger partial charge on any atom is -0.455 e. The average Bonchev–Trinajstić information content (AvgIpc) is 3.13. The minimum atomic E-state index is -0.586. The van der Waals surface area contributed by atoms with E-state index >= 15 is 0 Å². The molecule has 1 N–H and O–H groups in total. The molecule has 1 saturated heterocycles. The molecule has 2 amide bonds. The molecular weight excluding hydrogens is 392 g/mol. The molecule has 1 heterocycles. The molecule has 6 nitrogen and oxygen atoms in total. The summed E-state index contributed by atoms with van der Waals surface area (Å²) in [6.07, 6.45) is 0.0809. The Labute approximate surface area is 180 Å². The highest BCUT2D eigenvalue weighted by molar-refractivity contribution is 6.03. The molecule has 1 aliphatic rings. The van der Waals surface area contributed by atoms with Crippen LogP contribution in [-0.2, 0) is 19.1 Å². The maximum Gasteiger partial charge on any atom is 0.311 e. The lowest BCUT2D eigenvalue weighted by Gasteiger charge is -2.21. The van der Waals surface area contributed by atoms with Crippen LogP contribution in [0.25, 0.3) is 10.8 Å². The van der Waals surface area contributed by atoms with E-state index < -0.39 is 24.4 Å². The lowest BCUT2D eigenvalue weighted by molar-refractivity contribution is -0.151. The van der Waals surface area contributed by atoms with Gasteiger partial charge >= 0.3 is 5.97 Å². The molecule has 1 aliphatic heterocycles. The molecule has 3 aromatic carbocycles. The van der Waals surface area contributed by atoms with Gasteiger partial charge in [0.05, 0.1) is 5.92 Å². The van der Waals surface area contributed by atoms with Crippen LogP contribution in [0.15, 0.2) is 60.7 Å². The molecule has 1 atom stereocenters. The van der Waals surface area contributed by atoms with Crippen molar-refractivity contribution in [3.63, 3.8) is 0 Å². The predicted molar refractivity (Wildman–Crippen MR) is 120 cm³/mol. The Hall–Kier alpha value is -3.67. The average molecular weight is 416 g/mol. The number of nitrogens with zero attached hydrogens (tertiary/aromatic N) is 1. The smallest absolute Gasteiger partial charge is 0.311 e. The molecule has 0 radical (unpaired) electrons. The number of fused-ring (bicyclic) bond motifs is 1. The molecule has 0 aliphatic carbocycles. The van der Waals surface area contributed by atoms with E-state index in [4.69, 9.17) is 4.74 Å². The highest BCUT2D eigenvalue weighted by Crippen LogP contribution is 2.31. The number of esters is 1. The van der Waals surface area contributed by atoms with Gasteiger partial charge in [-0.1, -0.05) is 54.6 Å². The summed E-state index contributed by atoms with van der Waals surface area (Å²) in [5.41, 5.74) is 3.47. The number of hydrogen-bond donors (Lipinski definition) is 1. The monoisotopic (exact) mass is 416 g/mol. The van der Waals surface area contributed by atoms with Crippen LogP contribution in [0.3, 0.4) is 0 Å². The summed E-state index contributed by atoms with van der Waals surface area (Å²) >= 11 is 0. The SMILES string of the molecule is Cc1cccc(C)c1N1C[C@H](C(=O)OCC(=O)Nc2cccc3ccccc23)CC1=O. The number of anilines is 2. The molecule has 6 heteroatoms. The van der Waals surface area contributed by atoms with E-state index in [2.05, 4.69) is 5.32 Å². The molecule has 1 fully saturated rings. The Morgan fingerprint density at radius 1 is 1.00 bits per heavy atom. The molecule has 31 heavy (non-hydrogen) atoms. The zero-order chi connectivity index (χ0) is 22.0. The van der Waals surface area contributed by atoms with Crippen LogP contribution in [0.4, 0.5) is 11.4 Å². The first kappa shape index (κ1) is 20.6. The predicted octanol–water partition coefficient (Wildman–Crippen LogP) is 3.99. The van der Waals surface area contributed by atoms with Crippen LogP contribution in [0.5, 0.6) is 0 Å². The van der Waals surface area contributed by atoms with Crippen LogP contribution < -0.4 is 10.2 Å². The third kappa shape index (κ3) is 4.28. The second kappa shape index (κ2) is 8.60. The van der Waals surface area contributed by atoms with E-state index in [1.165, 1.54) is 0 Å². The highest BCUT2D eigenvalue weighted by Gasteiger charge is 2.37. The summed E-state index contributed by atoms with van der Waals surface area (Å²) in [4.78, 5) is 39.1. The summed E-state index contributed by atoms with van der Waals surface area (Å²) in [6.45, 7) is 3.75. The van der Waals surface area contributed by atoms with Crippen LogP contribution in [-0.4, -0.2) is 30.9 Å². The van der Waals surface area contributed by atoms with Crippen molar-refractivity contribution in [3.8, 4) is 0 Å². The fourth-order valence-electron chi connectivity index (χ4n) is 4.09. The molecule has 0 unspecified atom stereocenters. The van der Waals surface area contributed by atoms with Gasteiger partial charge in [-0.25, -0.2) is 0 Å². The normalized spacial score (nSPS) is 15.9. The number of nitrogens with one attached hydrogen (secondary N) is 1. The molecule has 0 bridgehead atoms. The van der Waals surface area contributed by atoms with Crippen molar-refractivity contribution < 1.29 is 19.1 Å². The molecular formula is C25H24N2O4. The molecule has 158 valence electrons. The van der Waals surface area contributed by atoms with Gasteiger partial charge in [0.1, 0.15) is 0 Å². The number of aryl methyl sites for hydroxylation is 2. The topological polar surface area (TPSA) is 75.7 Å². The zero-order valence-corrected chi connectivity index (χ0v) is 17.6. The van der Waals surface area contributed by atoms with Crippen molar-refractivity contribution >= 4 is 39.9 Å². The maximum absolute atomic E-state index is 12.5. The molecule has 3 aromatic rings. The highest BCUT2D eigenvalue weighted by atomic mass is 16.5. The number of ether oxygens (including phenoxy) is 1. The summed E-state index contributed by atoms with van der Waals surface area (Å²) in [5, 5.41) is 4.72. The quantitative estimate of drug-likeness (QED) is 0.638. The van der Waals surface area contributed by atoms with Gasteiger partial charge in [-0.2, -0.15) is 0 Å². The molecule has 4 rings (SSSR count). The molecule has 0 aromatic heterocycles. The Bertz CT molecular complexity index is 1150. The maximum atomic E-state index is 12.5. The summed E-state index contributed by atoms with van der Waals surface area (Å²) in [7, 11) is 0. The van der Waals surface area contributed by atoms with E-state index in [0.29, 0.717) is 5.69 Å². The Kier molecular flexibility index (Phi) is 5.71. The number of amides is 2. The standard InChI is InChI=1S/C25H24N2O4/c1-16-7-5-8-17(2)24(16)27-14-19(13-23(27)29)25(30)31-15-22(28)26-21-12-6-10-18-9-3-4-11-20(18)21/h3-12,19H,13-15H2,1-2H3,(H,26,28)/t19-/m1/s1. The number of rotatable bonds is 5. The van der Waals surface area contributed by atoms with Crippen LogP contribution in [0.2, 0.25) is 0 Å². The van der Waals surface area contributed by atoms with E-state index in [9.17, 15) is 14.4 Å². The van der Waals surface area contributed by atoms with Gasteiger partial charge in [-0.05, 0) is 36.4 Å². The van der Waals surface area contributed by atoms with Gasteiger partial charge in [0, 0.05) is 29.7 Å². The Balaban J connectivity index is 1.37. The fraction of sp³-hybridized carbons (Fsp3) is 0.240. The van der Waals surface area contributed by atoms with Crippen LogP contribution >= 0.6 is 0 Å². The van der Waals surface area contributed by atoms with Gasteiger partial charge in [0.25, 0.3) is 5.91 Å². The first-order chi connectivity index (χ1) is 14.9. The van der Waals surface area contributed by atoms with E-state index in [1.807, 2.05) is 68.4 Å². The summed E-state index contributed by atoms with van der Waals surface area (Å²) in [6, 6.07) is 19.2. The minimum absolute atomic E-state index is 0.0809. The van der Waals surface area contributed by atoms with Gasteiger partial charge in [-0.3, -0.25) is 14.4 Å². The second-order valence-corrected chi connectivity index (χ2v) is 7.83. The van der Waals surface area contributed by atoms with Crippen molar-refractivity contribution in [2.45, 2.75) is 20.3 Å². The number of para-hydroxylation sites is 1. The fourth-order valence-corrected chi connectivity index (χ4v) is 4.09. The number of carbonyl (C=O) groups is 3. The Morgan fingerprint density at radius 2 is 1.68 bits per heavy atom. The van der Waals surface area contributed by atoms with Crippen molar-refractivity contribution in [3.05, 3.63) is 71.8 Å². The molecule has 0 spiro atoms. The molecule has 0 saturated carbocycles. The second-order valence-electron chi connectivity index (χ2n) is 7.83. The van der Waals surface area contributed by atoms with Crippen LogP contribution in [0.1, 0.15) is 17.5 Å². The lowest BCUT2D eigenvalue weighted by Crippen LogP contribution is -2.29. The third-order valence-electron chi connectivity index (χ3n) is 5.58. The van der Waals surface area contributed by atoms with Crippen molar-refractivity contribution in [2.75, 3.05) is 23.4 Å². The summed E-state index contributed by atoms with van der Waals surface area (Å²) < 4.78 is 5.24. The van der Waals surface area contributed by atoms with Gasteiger partial charge < -0.3 is 15.0 Å². The first-order valence-electron chi connectivity index (χ1n) is 10.2. The van der Waals surface area contributed by atoms with E-state index in [1.54, 1.807) is 11.0 Å². The van der Waals surface area contributed by atoms with Gasteiger partial charge in [-0.15, -0.1) is 0 Å². The van der Waals surface area contributed by atoms with Crippen molar-refractivity contribution in [1.29, 1.82) is 0 Å². The van der Waals surface area contributed by atoms with E-state index in [-0.39, 0.29) is 18.9 Å². The third-order valence-corrected chi connectivity index (χ3v) is 5.58. The number of hydrogen-bond acceptors (Lipinski definition) is 4. The summed E-state index contributed by atoms with van der Waals surface area (Å²) in [5.74, 6) is -1.65. The number of benzene rings is 3. The zero-order valence-electron chi connectivity index (χ0n) is 17.6. The first-order valence-corrected chi connectivity index (χ1v) is 10.2. The largest absolute Gasteiger partial charge is 0.455 e. The van der Waals surface area contributed by atoms with Crippen molar-refractivity contribution in [1.82, 2.24) is 0 Å². The van der Waals surface area contributed by atoms with Crippen molar-refractivity contribution in [2.24, 2.45) is 5.92 Å². The van der Waals surface area contributed by atoms with Gasteiger partial charge in [0.2, 0.25) is 5.91 Å². The van der Waals surface area contributed by atoms with Gasteiger partial charge in [0.15, 0.2) is 6.61 Å². The Morgan fingerprint density at radius 3 is 2.45 bits per heavy atom. The van der Waals surface area contributed by atoms with E-state index in [0.717, 1.165) is 27.6 Å². The van der Waals surface area contributed by atoms with Crippen LogP contribution in [0, 0.1) is 19.8 Å². The lowest BCUT2D eigenvalue weighted by atomic mass is 10.1. The number of carbonyl (C=O) groups excluding carboxylic acids is 3.